The quantitative estimate of drug-likeness (QED) is 0.167. The van der Waals surface area contributed by atoms with Crippen molar-refractivity contribution < 1.29 is 4.42 Å². The summed E-state index contributed by atoms with van der Waals surface area (Å²) in [5, 5.41) is 13.9. The van der Waals surface area contributed by atoms with Crippen molar-refractivity contribution in [2.24, 2.45) is 0 Å². The lowest BCUT2D eigenvalue weighted by Gasteiger charge is -2.13. The van der Waals surface area contributed by atoms with Crippen molar-refractivity contribution >= 4 is 97.9 Å². The molecule has 0 radical (unpaired) electrons. The molecule has 4 heterocycles. The molecule has 0 spiro atoms. The van der Waals surface area contributed by atoms with Gasteiger partial charge in [0, 0.05) is 54.8 Å². The fourth-order valence-electron chi connectivity index (χ4n) is 11.9. The number of rotatable bonds is 6. The Balaban J connectivity index is 0.934. The molecule has 0 aliphatic heterocycles. The summed E-state index contributed by atoms with van der Waals surface area (Å²) in [7, 11) is 0. The summed E-state index contributed by atoms with van der Waals surface area (Å²) >= 11 is 0. The number of nitrogens with zero attached hydrogens (tertiary/aromatic N) is 5. The molecule has 16 aromatic rings. The standard InChI is InChI=1S/C69H41N5O/c1-3-16-42(17-4-1)45-21-13-22-48(38-45)67-70-68(55-29-14-27-53-52-26-11-12-31-59(52)74(65(53)55)49-23-5-2-6-24-49)72-69(71-67)56-30-15-28-54-64-57-41-50(35-32-44(57)34-37-62(64)75-66(54)56)73-60-36-33-43-18-9-10-25-51(43)63(60)58-39-46-19-7-8-20-47(46)40-61(58)73/h1-41H. The van der Waals surface area contributed by atoms with Crippen LogP contribution in [0, 0.1) is 0 Å². The van der Waals surface area contributed by atoms with E-state index in [9.17, 15) is 0 Å². The minimum Gasteiger partial charge on any atom is -0.455 e. The number of para-hydroxylation sites is 4. The molecule has 0 bridgehead atoms. The maximum atomic E-state index is 7.06. The second kappa shape index (κ2) is 16.2. The van der Waals surface area contributed by atoms with Crippen molar-refractivity contribution in [2.75, 3.05) is 0 Å². The lowest BCUT2D eigenvalue weighted by molar-refractivity contribution is 0.670. The first-order valence-electron chi connectivity index (χ1n) is 25.4. The summed E-state index contributed by atoms with van der Waals surface area (Å²) in [6.07, 6.45) is 0. The van der Waals surface area contributed by atoms with Crippen LogP contribution in [0.4, 0.5) is 0 Å². The molecule has 0 aliphatic carbocycles. The summed E-state index contributed by atoms with van der Waals surface area (Å²) in [5.74, 6) is 1.67. The smallest absolute Gasteiger partial charge is 0.167 e. The van der Waals surface area contributed by atoms with E-state index in [1.54, 1.807) is 0 Å². The zero-order valence-electron chi connectivity index (χ0n) is 40.3. The molecule has 16 rings (SSSR count). The van der Waals surface area contributed by atoms with Gasteiger partial charge < -0.3 is 13.6 Å². The Morgan fingerprint density at radius 2 is 0.907 bits per heavy atom. The van der Waals surface area contributed by atoms with Gasteiger partial charge in [-0.05, 0) is 116 Å². The van der Waals surface area contributed by atoms with Crippen LogP contribution in [0.15, 0.2) is 253 Å². The highest BCUT2D eigenvalue weighted by Crippen LogP contribution is 2.44. The molecule has 12 aromatic carbocycles. The molecule has 0 fully saturated rings. The third kappa shape index (κ3) is 6.36. The zero-order valence-corrected chi connectivity index (χ0v) is 40.3. The Morgan fingerprint density at radius 1 is 0.293 bits per heavy atom. The molecule has 75 heavy (non-hydrogen) atoms. The van der Waals surface area contributed by atoms with Gasteiger partial charge in [-0.15, -0.1) is 0 Å². The van der Waals surface area contributed by atoms with Gasteiger partial charge in [0.2, 0.25) is 0 Å². The van der Waals surface area contributed by atoms with Gasteiger partial charge >= 0.3 is 0 Å². The molecule has 0 saturated heterocycles. The normalized spacial score (nSPS) is 12.0. The molecule has 0 unspecified atom stereocenters. The summed E-state index contributed by atoms with van der Waals surface area (Å²) in [5.41, 5.74) is 12.9. The SMILES string of the molecule is c1ccc(-c2cccc(-c3nc(-c4cccc5c4oc4ccc6ccc(-n7c8cc9ccccc9cc8c8c9ccccc9ccc87)cc6c45)nc(-c4cccc5c6ccccc6n(-c6ccccc6)c45)n3)c2)cc1. The van der Waals surface area contributed by atoms with Gasteiger partial charge in [-0.1, -0.05) is 176 Å². The second-order valence-corrected chi connectivity index (χ2v) is 19.5. The third-order valence-electron chi connectivity index (χ3n) is 15.3. The molecule has 0 saturated carbocycles. The van der Waals surface area contributed by atoms with Crippen molar-refractivity contribution in [3.05, 3.63) is 249 Å². The number of aromatic nitrogens is 5. The van der Waals surface area contributed by atoms with Crippen LogP contribution in [0.2, 0.25) is 0 Å². The number of hydrogen-bond acceptors (Lipinski definition) is 4. The topological polar surface area (TPSA) is 61.7 Å². The lowest BCUT2D eigenvalue weighted by Crippen LogP contribution is -2.02. The third-order valence-corrected chi connectivity index (χ3v) is 15.3. The van der Waals surface area contributed by atoms with Gasteiger partial charge in [0.15, 0.2) is 17.5 Å². The van der Waals surface area contributed by atoms with E-state index in [0.29, 0.717) is 17.5 Å². The fraction of sp³-hybridized carbons (Fsp3) is 0. The molecular formula is C69H41N5O. The number of hydrogen-bond donors (Lipinski definition) is 0. The van der Waals surface area contributed by atoms with Crippen molar-refractivity contribution in [1.29, 1.82) is 0 Å². The summed E-state index contributed by atoms with van der Waals surface area (Å²) in [4.78, 5) is 16.2. The van der Waals surface area contributed by atoms with Crippen molar-refractivity contribution in [3.63, 3.8) is 0 Å². The van der Waals surface area contributed by atoms with Crippen LogP contribution >= 0.6 is 0 Å². The molecule has 6 heteroatoms. The lowest BCUT2D eigenvalue weighted by atomic mass is 10.0. The van der Waals surface area contributed by atoms with E-state index >= 15 is 0 Å². The number of fused-ring (bicyclic) bond motifs is 14. The molecule has 348 valence electrons. The Morgan fingerprint density at radius 3 is 1.76 bits per heavy atom. The van der Waals surface area contributed by atoms with Crippen molar-refractivity contribution in [1.82, 2.24) is 24.1 Å². The van der Waals surface area contributed by atoms with Crippen LogP contribution < -0.4 is 0 Å². The summed E-state index contributed by atoms with van der Waals surface area (Å²) in [6.45, 7) is 0. The van der Waals surface area contributed by atoms with Gasteiger partial charge in [-0.2, -0.15) is 0 Å². The molecule has 0 aliphatic rings. The minimum absolute atomic E-state index is 0.527. The highest BCUT2D eigenvalue weighted by atomic mass is 16.3. The Labute approximate surface area is 429 Å². The Bertz CT molecular complexity index is 5010. The largest absolute Gasteiger partial charge is 0.455 e. The number of benzene rings is 12. The first kappa shape index (κ1) is 41.4. The van der Waals surface area contributed by atoms with Crippen molar-refractivity contribution in [3.8, 4) is 56.7 Å². The van der Waals surface area contributed by atoms with Gasteiger partial charge in [-0.25, -0.2) is 15.0 Å². The van der Waals surface area contributed by atoms with Crippen LogP contribution in [0.5, 0.6) is 0 Å². The second-order valence-electron chi connectivity index (χ2n) is 19.5. The van der Waals surface area contributed by atoms with Gasteiger partial charge in [-0.3, -0.25) is 0 Å². The van der Waals surface area contributed by atoms with E-state index in [0.717, 1.165) is 93.7 Å². The van der Waals surface area contributed by atoms with E-state index in [1.165, 1.54) is 43.4 Å². The Kier molecular flexibility index (Phi) is 8.94. The van der Waals surface area contributed by atoms with E-state index in [2.05, 4.69) is 252 Å². The Hall–Kier alpha value is -10.2. The van der Waals surface area contributed by atoms with E-state index in [1.807, 2.05) is 6.07 Å². The molecule has 0 N–H and O–H groups in total. The monoisotopic (exact) mass is 955 g/mol. The van der Waals surface area contributed by atoms with Crippen LogP contribution in [0.25, 0.3) is 155 Å². The fourth-order valence-corrected chi connectivity index (χ4v) is 11.9. The maximum Gasteiger partial charge on any atom is 0.167 e. The number of furan rings is 1. The minimum atomic E-state index is 0.527. The first-order valence-corrected chi connectivity index (χ1v) is 25.4. The zero-order chi connectivity index (χ0) is 49.1. The van der Waals surface area contributed by atoms with E-state index in [-0.39, 0.29) is 0 Å². The average molecular weight is 956 g/mol. The van der Waals surface area contributed by atoms with Crippen LogP contribution in [0.1, 0.15) is 0 Å². The molecule has 0 amide bonds. The van der Waals surface area contributed by atoms with Crippen molar-refractivity contribution in [2.45, 2.75) is 0 Å². The predicted octanol–water partition coefficient (Wildman–Crippen LogP) is 18.1. The molecule has 0 atom stereocenters. The van der Waals surface area contributed by atoms with Gasteiger partial charge in [0.1, 0.15) is 11.2 Å². The highest BCUT2D eigenvalue weighted by molar-refractivity contribution is 6.24. The highest BCUT2D eigenvalue weighted by Gasteiger charge is 2.24. The van der Waals surface area contributed by atoms with E-state index < -0.39 is 0 Å². The summed E-state index contributed by atoms with van der Waals surface area (Å²) in [6, 6.07) is 88.6. The van der Waals surface area contributed by atoms with Crippen LogP contribution in [-0.4, -0.2) is 24.1 Å². The first-order chi connectivity index (χ1) is 37.2. The molecule has 4 aromatic heterocycles. The average Bonchev–Trinajstić information content (AvgIpc) is 4.21. The molecular weight excluding hydrogens is 915 g/mol. The van der Waals surface area contributed by atoms with E-state index in [4.69, 9.17) is 19.4 Å². The van der Waals surface area contributed by atoms with Crippen LogP contribution in [-0.2, 0) is 0 Å². The summed E-state index contributed by atoms with van der Waals surface area (Å²) < 4.78 is 11.8. The maximum absolute atomic E-state index is 7.06. The molecule has 6 nitrogen and oxygen atoms in total. The van der Waals surface area contributed by atoms with Gasteiger partial charge in [0.05, 0.1) is 27.6 Å². The van der Waals surface area contributed by atoms with Gasteiger partial charge in [0.25, 0.3) is 0 Å². The van der Waals surface area contributed by atoms with Crippen LogP contribution in [0.3, 0.4) is 0 Å². The predicted molar refractivity (Wildman–Crippen MR) is 310 cm³/mol.